The average molecular weight is 829 g/mol. The van der Waals surface area contributed by atoms with Crippen LogP contribution < -0.4 is 4.90 Å². The molecule has 11 aromatic carbocycles. The fourth-order valence-corrected chi connectivity index (χ4v) is 10.3. The van der Waals surface area contributed by atoms with Crippen molar-refractivity contribution in [1.29, 1.82) is 0 Å². The molecule has 0 saturated heterocycles. The number of fused-ring (bicyclic) bond motifs is 9. The molecule has 0 aliphatic rings. The van der Waals surface area contributed by atoms with Crippen molar-refractivity contribution in [2.45, 2.75) is 0 Å². The Balaban J connectivity index is 1.00. The number of benzene rings is 11. The van der Waals surface area contributed by atoms with Crippen LogP contribution in [0.25, 0.3) is 104 Å². The van der Waals surface area contributed by atoms with E-state index in [-0.39, 0.29) is 0 Å². The molecule has 0 aliphatic heterocycles. The third kappa shape index (κ3) is 5.97. The predicted molar refractivity (Wildman–Crippen MR) is 274 cm³/mol. The Kier molecular flexibility index (Phi) is 8.53. The van der Waals surface area contributed by atoms with Gasteiger partial charge in [-0.25, -0.2) is 0 Å². The van der Waals surface area contributed by atoms with Crippen molar-refractivity contribution >= 4 is 82.4 Å². The molecular weight excluding hydrogens is 789 g/mol. The highest BCUT2D eigenvalue weighted by Crippen LogP contribution is 2.47. The second kappa shape index (κ2) is 15.0. The Morgan fingerprint density at radius 3 is 1.65 bits per heavy atom. The third-order valence-corrected chi connectivity index (χ3v) is 13.2. The standard InChI is InChI=1S/C62H40N2O/c1-2-17-46-41(16-1)32-33-43-40-45(38-39-47(43)46)63(44-36-34-42(35-37-44)48-25-15-26-56-55-24-9-14-31-61(55)65-62(48)56)57-27-10-5-20-51(57)49-18-3-4-19-50(49)52-21-6-11-28-58(52)64-59-29-12-7-22-53(59)54-23-8-13-30-60(54)64/h1-40H. The molecule has 2 heterocycles. The van der Waals surface area contributed by atoms with E-state index >= 15 is 0 Å². The summed E-state index contributed by atoms with van der Waals surface area (Å²) in [7, 11) is 0. The van der Waals surface area contributed by atoms with Crippen molar-refractivity contribution in [2.24, 2.45) is 0 Å². The number of rotatable bonds is 7. The lowest BCUT2D eigenvalue weighted by Crippen LogP contribution is -2.11. The zero-order valence-corrected chi connectivity index (χ0v) is 35.4. The summed E-state index contributed by atoms with van der Waals surface area (Å²) in [6.45, 7) is 0. The summed E-state index contributed by atoms with van der Waals surface area (Å²) in [5.74, 6) is 0. The van der Waals surface area contributed by atoms with Gasteiger partial charge in [-0.15, -0.1) is 0 Å². The van der Waals surface area contributed by atoms with Gasteiger partial charge in [0, 0.05) is 49.6 Å². The van der Waals surface area contributed by atoms with E-state index in [9.17, 15) is 0 Å². The summed E-state index contributed by atoms with van der Waals surface area (Å²) in [4.78, 5) is 2.42. The molecule has 0 radical (unpaired) electrons. The van der Waals surface area contributed by atoms with Gasteiger partial charge in [-0.3, -0.25) is 0 Å². The molecule has 0 spiro atoms. The summed E-state index contributed by atoms with van der Waals surface area (Å²) in [5.41, 5.74) is 15.3. The maximum absolute atomic E-state index is 6.50. The van der Waals surface area contributed by atoms with Crippen LogP contribution in [0.5, 0.6) is 0 Å². The van der Waals surface area contributed by atoms with Crippen LogP contribution in [0.4, 0.5) is 17.1 Å². The molecule has 0 amide bonds. The normalized spacial score (nSPS) is 11.7. The minimum absolute atomic E-state index is 0.899. The van der Waals surface area contributed by atoms with Gasteiger partial charge in [0.2, 0.25) is 0 Å². The molecule has 13 aromatic rings. The number of hydrogen-bond acceptors (Lipinski definition) is 2. The molecule has 0 unspecified atom stereocenters. The molecule has 0 N–H and O–H groups in total. The van der Waals surface area contributed by atoms with Crippen molar-refractivity contribution in [3.63, 3.8) is 0 Å². The van der Waals surface area contributed by atoms with Crippen molar-refractivity contribution in [3.8, 4) is 39.1 Å². The van der Waals surface area contributed by atoms with Crippen LogP contribution in [0.2, 0.25) is 0 Å². The van der Waals surface area contributed by atoms with E-state index in [2.05, 4.69) is 240 Å². The summed E-state index contributed by atoms with van der Waals surface area (Å²) in [5, 5.41) is 9.67. The number of anilines is 3. The van der Waals surface area contributed by atoms with Gasteiger partial charge < -0.3 is 13.9 Å². The first-order chi connectivity index (χ1) is 32.3. The lowest BCUT2D eigenvalue weighted by atomic mass is 9.92. The maximum Gasteiger partial charge on any atom is 0.143 e. The molecule has 304 valence electrons. The lowest BCUT2D eigenvalue weighted by molar-refractivity contribution is 0.670. The van der Waals surface area contributed by atoms with Gasteiger partial charge in [-0.1, -0.05) is 188 Å². The Bertz CT molecular complexity index is 3910. The van der Waals surface area contributed by atoms with Crippen LogP contribution >= 0.6 is 0 Å². The van der Waals surface area contributed by atoms with Crippen LogP contribution in [-0.4, -0.2) is 4.57 Å². The van der Waals surface area contributed by atoms with Crippen LogP contribution in [0.15, 0.2) is 247 Å². The molecular formula is C62H40N2O. The number of aromatic nitrogens is 1. The number of hydrogen-bond donors (Lipinski definition) is 0. The zero-order valence-electron chi connectivity index (χ0n) is 35.4. The number of nitrogens with zero attached hydrogens (tertiary/aromatic N) is 2. The highest BCUT2D eigenvalue weighted by atomic mass is 16.3. The van der Waals surface area contributed by atoms with E-state index in [1.165, 1.54) is 43.4 Å². The second-order valence-corrected chi connectivity index (χ2v) is 16.8. The Morgan fingerprint density at radius 1 is 0.323 bits per heavy atom. The molecule has 0 fully saturated rings. The molecule has 3 heteroatoms. The molecule has 0 saturated carbocycles. The molecule has 13 rings (SSSR count). The topological polar surface area (TPSA) is 21.3 Å². The summed E-state index contributed by atoms with van der Waals surface area (Å²) in [6.07, 6.45) is 0. The first-order valence-corrected chi connectivity index (χ1v) is 22.3. The van der Waals surface area contributed by atoms with E-state index in [4.69, 9.17) is 4.42 Å². The van der Waals surface area contributed by atoms with Crippen LogP contribution in [0.1, 0.15) is 0 Å². The number of furan rings is 1. The van der Waals surface area contributed by atoms with Gasteiger partial charge >= 0.3 is 0 Å². The first kappa shape index (κ1) is 36.9. The SMILES string of the molecule is c1ccc(-c2ccccc2-n2c3ccccc3c3ccccc32)c(-c2ccccc2N(c2ccc(-c3cccc4c3oc3ccccc34)cc2)c2ccc3c(ccc4ccccc43)c2)c1. The molecule has 0 atom stereocenters. The molecule has 2 aromatic heterocycles. The van der Waals surface area contributed by atoms with Crippen molar-refractivity contribution in [1.82, 2.24) is 4.57 Å². The lowest BCUT2D eigenvalue weighted by Gasteiger charge is -2.29. The fraction of sp³-hybridized carbons (Fsp3) is 0. The van der Waals surface area contributed by atoms with Gasteiger partial charge in [-0.2, -0.15) is 0 Å². The van der Waals surface area contributed by atoms with Gasteiger partial charge in [-0.05, 0) is 92.8 Å². The van der Waals surface area contributed by atoms with Gasteiger partial charge in [0.05, 0.1) is 22.4 Å². The maximum atomic E-state index is 6.50. The predicted octanol–water partition coefficient (Wildman–Crippen LogP) is 17.5. The minimum Gasteiger partial charge on any atom is -0.455 e. The molecule has 3 nitrogen and oxygen atoms in total. The molecule has 65 heavy (non-hydrogen) atoms. The Hall–Kier alpha value is -8.66. The van der Waals surface area contributed by atoms with Crippen LogP contribution in [-0.2, 0) is 0 Å². The third-order valence-electron chi connectivity index (χ3n) is 13.2. The van der Waals surface area contributed by atoms with E-state index in [1.54, 1.807) is 0 Å². The monoisotopic (exact) mass is 828 g/mol. The Morgan fingerprint density at radius 2 is 0.862 bits per heavy atom. The van der Waals surface area contributed by atoms with Crippen molar-refractivity contribution in [2.75, 3.05) is 4.90 Å². The zero-order chi connectivity index (χ0) is 42.8. The van der Waals surface area contributed by atoms with Crippen LogP contribution in [0.3, 0.4) is 0 Å². The largest absolute Gasteiger partial charge is 0.455 e. The van der Waals surface area contributed by atoms with E-state index in [0.717, 1.165) is 78.1 Å². The van der Waals surface area contributed by atoms with Crippen molar-refractivity contribution < 1.29 is 4.42 Å². The summed E-state index contributed by atoms with van der Waals surface area (Å²) < 4.78 is 8.93. The molecule has 0 bridgehead atoms. The first-order valence-electron chi connectivity index (χ1n) is 22.3. The summed E-state index contributed by atoms with van der Waals surface area (Å²) >= 11 is 0. The van der Waals surface area contributed by atoms with Gasteiger partial charge in [0.1, 0.15) is 11.2 Å². The van der Waals surface area contributed by atoms with Gasteiger partial charge in [0.25, 0.3) is 0 Å². The van der Waals surface area contributed by atoms with E-state index in [0.29, 0.717) is 0 Å². The fourth-order valence-electron chi connectivity index (χ4n) is 10.3. The van der Waals surface area contributed by atoms with Gasteiger partial charge in [0.15, 0.2) is 0 Å². The number of para-hydroxylation sites is 6. The average Bonchev–Trinajstić information content (AvgIpc) is 3.93. The molecule has 0 aliphatic carbocycles. The van der Waals surface area contributed by atoms with Crippen LogP contribution in [0, 0.1) is 0 Å². The quantitative estimate of drug-likeness (QED) is 0.149. The van der Waals surface area contributed by atoms with E-state index in [1.807, 2.05) is 12.1 Å². The summed E-state index contributed by atoms with van der Waals surface area (Å²) in [6, 6.07) is 87.8. The highest BCUT2D eigenvalue weighted by molar-refractivity contribution is 6.12. The Labute approximate surface area is 376 Å². The minimum atomic E-state index is 0.899. The smallest absolute Gasteiger partial charge is 0.143 e. The van der Waals surface area contributed by atoms with Crippen molar-refractivity contribution in [3.05, 3.63) is 243 Å². The van der Waals surface area contributed by atoms with E-state index < -0.39 is 0 Å². The highest BCUT2D eigenvalue weighted by Gasteiger charge is 2.22. The second-order valence-electron chi connectivity index (χ2n) is 16.8.